The van der Waals surface area contributed by atoms with Crippen molar-refractivity contribution < 1.29 is 14.2 Å². The van der Waals surface area contributed by atoms with Gasteiger partial charge in [-0.15, -0.1) is 0 Å². The van der Waals surface area contributed by atoms with Crippen LogP contribution in [0, 0.1) is 0 Å². The summed E-state index contributed by atoms with van der Waals surface area (Å²) in [4.78, 5) is 0. The minimum Gasteiger partial charge on any atom is -0.497 e. The Labute approximate surface area is 108 Å². The molecule has 0 bridgehead atoms. The topological polar surface area (TPSA) is 39.7 Å². The average Bonchev–Trinajstić information content (AvgIpc) is 2.81. The van der Waals surface area contributed by atoms with Gasteiger partial charge in [-0.2, -0.15) is 0 Å². The summed E-state index contributed by atoms with van der Waals surface area (Å²) in [5.74, 6) is 1.73. The smallest absolute Gasteiger partial charge is 0.123 e. The first-order chi connectivity index (χ1) is 8.74. The third kappa shape index (κ3) is 2.94. The van der Waals surface area contributed by atoms with Crippen LogP contribution in [0.4, 0.5) is 0 Å². The minimum atomic E-state index is 0.279. The fraction of sp³-hybridized carbons (Fsp3) is 0.571. The molecule has 2 unspecified atom stereocenters. The highest BCUT2D eigenvalue weighted by Gasteiger charge is 2.23. The highest BCUT2D eigenvalue weighted by Crippen LogP contribution is 2.24. The second kappa shape index (κ2) is 6.07. The van der Waals surface area contributed by atoms with Crippen LogP contribution in [0.2, 0.25) is 0 Å². The molecule has 1 N–H and O–H groups in total. The molecule has 0 amide bonds. The van der Waals surface area contributed by atoms with E-state index in [0.717, 1.165) is 36.6 Å². The molecular weight excluding hydrogens is 230 g/mol. The largest absolute Gasteiger partial charge is 0.497 e. The van der Waals surface area contributed by atoms with Gasteiger partial charge in [0.2, 0.25) is 0 Å². The molecule has 0 aliphatic carbocycles. The second-order valence-corrected chi connectivity index (χ2v) is 4.53. The standard InChI is InChI=1S/C14H21NO3/c1-10-13(6-7-18-10)15-9-11-8-12(16-2)4-5-14(11)17-3/h4-5,8,10,13,15H,6-7,9H2,1-3H3. The lowest BCUT2D eigenvalue weighted by atomic mass is 10.1. The average molecular weight is 251 g/mol. The molecule has 1 aromatic rings. The minimum absolute atomic E-state index is 0.279. The number of rotatable bonds is 5. The quantitative estimate of drug-likeness (QED) is 0.868. The van der Waals surface area contributed by atoms with Crippen molar-refractivity contribution in [2.24, 2.45) is 0 Å². The summed E-state index contributed by atoms with van der Waals surface area (Å²) >= 11 is 0. The van der Waals surface area contributed by atoms with Gasteiger partial charge in [0.1, 0.15) is 11.5 Å². The molecule has 4 nitrogen and oxygen atoms in total. The number of hydrogen-bond donors (Lipinski definition) is 1. The normalized spacial score (nSPS) is 23.1. The molecule has 1 aliphatic heterocycles. The molecule has 1 aliphatic rings. The summed E-state index contributed by atoms with van der Waals surface area (Å²) in [5.41, 5.74) is 1.11. The van der Waals surface area contributed by atoms with E-state index < -0.39 is 0 Å². The molecule has 2 atom stereocenters. The first-order valence-electron chi connectivity index (χ1n) is 6.30. The van der Waals surface area contributed by atoms with Crippen LogP contribution in [0.1, 0.15) is 18.9 Å². The van der Waals surface area contributed by atoms with Gasteiger partial charge in [0.05, 0.1) is 20.3 Å². The van der Waals surface area contributed by atoms with Gasteiger partial charge < -0.3 is 19.5 Å². The van der Waals surface area contributed by atoms with Crippen molar-refractivity contribution in [2.75, 3.05) is 20.8 Å². The molecule has 0 aromatic heterocycles. The predicted octanol–water partition coefficient (Wildman–Crippen LogP) is 1.97. The van der Waals surface area contributed by atoms with E-state index in [0.29, 0.717) is 6.04 Å². The molecule has 2 rings (SSSR count). The molecule has 0 saturated carbocycles. The van der Waals surface area contributed by atoms with Crippen molar-refractivity contribution in [1.82, 2.24) is 5.32 Å². The van der Waals surface area contributed by atoms with Crippen LogP contribution in [-0.4, -0.2) is 33.0 Å². The predicted molar refractivity (Wildman–Crippen MR) is 70.2 cm³/mol. The van der Waals surface area contributed by atoms with E-state index in [9.17, 15) is 0 Å². The van der Waals surface area contributed by atoms with Crippen molar-refractivity contribution in [1.29, 1.82) is 0 Å². The third-order valence-electron chi connectivity index (χ3n) is 3.42. The lowest BCUT2D eigenvalue weighted by Gasteiger charge is -2.17. The molecule has 0 spiro atoms. The lowest BCUT2D eigenvalue weighted by Crippen LogP contribution is -2.34. The molecule has 1 fully saturated rings. The number of nitrogens with one attached hydrogen (secondary N) is 1. The van der Waals surface area contributed by atoms with Gasteiger partial charge >= 0.3 is 0 Å². The second-order valence-electron chi connectivity index (χ2n) is 4.53. The molecule has 1 aromatic carbocycles. The van der Waals surface area contributed by atoms with Gasteiger partial charge in [-0.1, -0.05) is 0 Å². The van der Waals surface area contributed by atoms with Crippen molar-refractivity contribution in [3.05, 3.63) is 23.8 Å². The Morgan fingerprint density at radius 2 is 2.17 bits per heavy atom. The van der Waals surface area contributed by atoms with Crippen molar-refractivity contribution in [3.63, 3.8) is 0 Å². The number of benzene rings is 1. The molecule has 0 radical (unpaired) electrons. The van der Waals surface area contributed by atoms with Gasteiger partial charge in [0.15, 0.2) is 0 Å². The zero-order valence-electron chi connectivity index (χ0n) is 11.2. The van der Waals surface area contributed by atoms with Gasteiger partial charge in [-0.3, -0.25) is 0 Å². The Morgan fingerprint density at radius 1 is 1.33 bits per heavy atom. The van der Waals surface area contributed by atoms with Crippen LogP contribution in [0.5, 0.6) is 11.5 Å². The zero-order chi connectivity index (χ0) is 13.0. The summed E-state index contributed by atoms with van der Waals surface area (Å²) in [7, 11) is 3.36. The van der Waals surface area contributed by atoms with E-state index in [-0.39, 0.29) is 6.10 Å². The van der Waals surface area contributed by atoms with Gasteiger partial charge in [-0.05, 0) is 31.5 Å². The Morgan fingerprint density at radius 3 is 2.78 bits per heavy atom. The summed E-state index contributed by atoms with van der Waals surface area (Å²) in [6.07, 6.45) is 1.34. The van der Waals surface area contributed by atoms with E-state index in [1.54, 1.807) is 14.2 Å². The number of ether oxygens (including phenoxy) is 3. The SMILES string of the molecule is COc1ccc(OC)c(CNC2CCOC2C)c1. The summed E-state index contributed by atoms with van der Waals surface area (Å²) in [5, 5.41) is 3.51. The molecule has 100 valence electrons. The maximum Gasteiger partial charge on any atom is 0.123 e. The Kier molecular flexibility index (Phi) is 4.44. The maximum absolute atomic E-state index is 5.54. The summed E-state index contributed by atoms with van der Waals surface area (Å²) in [6, 6.07) is 6.27. The van der Waals surface area contributed by atoms with E-state index in [1.807, 2.05) is 18.2 Å². The third-order valence-corrected chi connectivity index (χ3v) is 3.42. The molecule has 1 heterocycles. The lowest BCUT2D eigenvalue weighted by molar-refractivity contribution is 0.113. The van der Waals surface area contributed by atoms with E-state index >= 15 is 0 Å². The maximum atomic E-state index is 5.54. The Bertz CT molecular complexity index is 395. The van der Waals surface area contributed by atoms with E-state index in [4.69, 9.17) is 14.2 Å². The molecule has 18 heavy (non-hydrogen) atoms. The van der Waals surface area contributed by atoms with Gasteiger partial charge in [0, 0.05) is 24.8 Å². The molecule has 1 saturated heterocycles. The molecule has 4 heteroatoms. The van der Waals surface area contributed by atoms with Gasteiger partial charge in [0.25, 0.3) is 0 Å². The first-order valence-corrected chi connectivity index (χ1v) is 6.30. The van der Waals surface area contributed by atoms with Crippen LogP contribution >= 0.6 is 0 Å². The Hall–Kier alpha value is -1.26. The summed E-state index contributed by atoms with van der Waals surface area (Å²) in [6.45, 7) is 3.71. The fourth-order valence-corrected chi connectivity index (χ4v) is 2.26. The van der Waals surface area contributed by atoms with Crippen LogP contribution in [0.25, 0.3) is 0 Å². The van der Waals surface area contributed by atoms with Gasteiger partial charge in [-0.25, -0.2) is 0 Å². The molecular formula is C14H21NO3. The van der Waals surface area contributed by atoms with Crippen molar-refractivity contribution in [3.8, 4) is 11.5 Å². The first kappa shape index (κ1) is 13.2. The summed E-state index contributed by atoms with van der Waals surface area (Å²) < 4.78 is 16.1. The van der Waals surface area contributed by atoms with Crippen LogP contribution in [0.3, 0.4) is 0 Å². The van der Waals surface area contributed by atoms with Crippen molar-refractivity contribution >= 4 is 0 Å². The van der Waals surface area contributed by atoms with Crippen molar-refractivity contribution in [2.45, 2.75) is 32.0 Å². The number of methoxy groups -OCH3 is 2. The van der Waals surface area contributed by atoms with Crippen LogP contribution < -0.4 is 14.8 Å². The van der Waals surface area contributed by atoms with Crippen LogP contribution in [0.15, 0.2) is 18.2 Å². The fourth-order valence-electron chi connectivity index (χ4n) is 2.26. The highest BCUT2D eigenvalue weighted by molar-refractivity contribution is 5.40. The monoisotopic (exact) mass is 251 g/mol. The van der Waals surface area contributed by atoms with E-state index in [1.165, 1.54) is 0 Å². The Balaban J connectivity index is 2.02. The number of hydrogen-bond acceptors (Lipinski definition) is 4. The van der Waals surface area contributed by atoms with E-state index in [2.05, 4.69) is 12.2 Å². The zero-order valence-corrected chi connectivity index (χ0v) is 11.2. The van der Waals surface area contributed by atoms with Crippen LogP contribution in [-0.2, 0) is 11.3 Å². The highest BCUT2D eigenvalue weighted by atomic mass is 16.5.